The first kappa shape index (κ1) is 14.0. The van der Waals surface area contributed by atoms with Gasteiger partial charge in [0.05, 0.1) is 10.0 Å². The average Bonchev–Trinajstić information content (AvgIpc) is 2.33. The molecule has 1 amide bonds. The first-order valence-electron chi connectivity index (χ1n) is 5.56. The van der Waals surface area contributed by atoms with Gasteiger partial charge in [0.1, 0.15) is 0 Å². The van der Waals surface area contributed by atoms with Gasteiger partial charge in [-0.1, -0.05) is 6.07 Å². The molecule has 1 aromatic rings. The van der Waals surface area contributed by atoms with E-state index in [9.17, 15) is 4.79 Å². The van der Waals surface area contributed by atoms with Crippen LogP contribution in [-0.2, 0) is 0 Å². The molecular weight excluding hydrogens is 284 g/mol. The number of aliphatic hydroxyl groups is 1. The molecule has 94 valence electrons. The number of nitrogens with two attached hydrogens (primary N) is 1. The van der Waals surface area contributed by atoms with Crippen LogP contribution in [0.3, 0.4) is 0 Å². The zero-order valence-electron chi connectivity index (χ0n) is 9.82. The quantitative estimate of drug-likeness (QED) is 0.816. The highest BCUT2D eigenvalue weighted by molar-refractivity contribution is 9.10. The summed E-state index contributed by atoms with van der Waals surface area (Å²) in [5, 5.41) is 8.79. The number of nitrogen functional groups attached to an aromatic ring is 1. The summed E-state index contributed by atoms with van der Waals surface area (Å²) in [7, 11) is 0. The number of anilines is 1. The highest BCUT2D eigenvalue weighted by atomic mass is 79.9. The lowest BCUT2D eigenvalue weighted by atomic mass is 10.1. The number of carbonyl (C=O) groups is 1. The van der Waals surface area contributed by atoms with E-state index < -0.39 is 0 Å². The van der Waals surface area contributed by atoms with E-state index in [0.29, 0.717) is 35.2 Å². The van der Waals surface area contributed by atoms with E-state index in [1.807, 2.05) is 6.92 Å². The zero-order valence-corrected chi connectivity index (χ0v) is 11.4. The van der Waals surface area contributed by atoms with E-state index in [-0.39, 0.29) is 12.5 Å². The van der Waals surface area contributed by atoms with Gasteiger partial charge in [0.25, 0.3) is 5.91 Å². The third kappa shape index (κ3) is 3.44. The largest absolute Gasteiger partial charge is 0.398 e. The Kier molecular flexibility index (Phi) is 5.44. The lowest BCUT2D eigenvalue weighted by molar-refractivity contribution is 0.0753. The van der Waals surface area contributed by atoms with Gasteiger partial charge in [-0.3, -0.25) is 4.79 Å². The van der Waals surface area contributed by atoms with Crippen molar-refractivity contribution >= 4 is 27.5 Å². The maximum Gasteiger partial charge on any atom is 0.255 e. The molecule has 17 heavy (non-hydrogen) atoms. The van der Waals surface area contributed by atoms with Crippen LogP contribution >= 0.6 is 15.9 Å². The normalized spacial score (nSPS) is 10.3. The number of aliphatic hydroxyl groups excluding tert-OH is 1. The fourth-order valence-corrected chi connectivity index (χ4v) is 1.98. The van der Waals surface area contributed by atoms with Crippen LogP contribution in [0.4, 0.5) is 5.69 Å². The van der Waals surface area contributed by atoms with Crippen molar-refractivity contribution in [3.05, 3.63) is 28.2 Å². The minimum absolute atomic E-state index is 0.0693. The number of halogens is 1. The van der Waals surface area contributed by atoms with Crippen molar-refractivity contribution < 1.29 is 9.90 Å². The molecule has 0 spiro atoms. The first-order valence-corrected chi connectivity index (χ1v) is 6.35. The second-order valence-corrected chi connectivity index (χ2v) is 4.46. The Bertz CT molecular complexity index is 396. The summed E-state index contributed by atoms with van der Waals surface area (Å²) in [6.45, 7) is 3.16. The molecule has 1 rings (SSSR count). The molecular formula is C12H17BrN2O2. The molecule has 0 heterocycles. The van der Waals surface area contributed by atoms with Crippen LogP contribution in [0.2, 0.25) is 0 Å². The fraction of sp³-hybridized carbons (Fsp3) is 0.417. The number of hydrogen-bond acceptors (Lipinski definition) is 3. The Labute approximate surface area is 110 Å². The van der Waals surface area contributed by atoms with E-state index in [4.69, 9.17) is 10.8 Å². The molecule has 0 saturated carbocycles. The van der Waals surface area contributed by atoms with E-state index in [0.717, 1.165) is 0 Å². The van der Waals surface area contributed by atoms with Crippen molar-refractivity contribution in [2.24, 2.45) is 0 Å². The molecule has 1 aromatic carbocycles. The van der Waals surface area contributed by atoms with E-state index >= 15 is 0 Å². The van der Waals surface area contributed by atoms with Gasteiger partial charge >= 0.3 is 0 Å². The van der Waals surface area contributed by atoms with Gasteiger partial charge in [0.2, 0.25) is 0 Å². The van der Waals surface area contributed by atoms with Crippen molar-refractivity contribution in [2.75, 3.05) is 25.4 Å². The topological polar surface area (TPSA) is 66.6 Å². The Balaban J connectivity index is 2.90. The lowest BCUT2D eigenvalue weighted by Crippen LogP contribution is -2.32. The standard InChI is InChI=1S/C12H17BrN2O2/c1-2-15(7-4-8-16)12(17)9-5-3-6-10(14)11(9)13/h3,5-6,16H,2,4,7-8,14H2,1H3. The summed E-state index contributed by atoms with van der Waals surface area (Å²) in [6, 6.07) is 5.24. The van der Waals surface area contributed by atoms with Crippen LogP contribution in [-0.4, -0.2) is 35.6 Å². The number of amides is 1. The molecule has 0 bridgehead atoms. The van der Waals surface area contributed by atoms with Crippen LogP contribution in [0.25, 0.3) is 0 Å². The van der Waals surface area contributed by atoms with Crippen molar-refractivity contribution in [1.29, 1.82) is 0 Å². The molecule has 0 aliphatic rings. The smallest absolute Gasteiger partial charge is 0.255 e. The number of benzene rings is 1. The second-order valence-electron chi connectivity index (χ2n) is 3.67. The molecule has 0 fully saturated rings. The van der Waals surface area contributed by atoms with Crippen LogP contribution in [0.15, 0.2) is 22.7 Å². The summed E-state index contributed by atoms with van der Waals surface area (Å²) in [5.41, 5.74) is 6.85. The van der Waals surface area contributed by atoms with Crippen molar-refractivity contribution in [3.63, 3.8) is 0 Å². The zero-order chi connectivity index (χ0) is 12.8. The van der Waals surface area contributed by atoms with Crippen molar-refractivity contribution in [2.45, 2.75) is 13.3 Å². The molecule has 0 aliphatic carbocycles. The fourth-order valence-electron chi connectivity index (χ4n) is 1.55. The number of carbonyl (C=O) groups excluding carboxylic acids is 1. The Morgan fingerprint density at radius 3 is 2.82 bits per heavy atom. The molecule has 0 unspecified atom stereocenters. The third-order valence-electron chi connectivity index (χ3n) is 2.51. The van der Waals surface area contributed by atoms with Crippen molar-refractivity contribution in [1.82, 2.24) is 4.90 Å². The molecule has 0 saturated heterocycles. The SMILES string of the molecule is CCN(CCCO)C(=O)c1cccc(N)c1Br. The van der Waals surface area contributed by atoms with Crippen LogP contribution < -0.4 is 5.73 Å². The number of rotatable bonds is 5. The van der Waals surface area contributed by atoms with Gasteiger partial charge in [-0.2, -0.15) is 0 Å². The van der Waals surface area contributed by atoms with Crippen LogP contribution in [0, 0.1) is 0 Å². The maximum absolute atomic E-state index is 12.2. The predicted octanol–water partition coefficient (Wildman–Crippen LogP) is 1.88. The minimum atomic E-state index is -0.0693. The summed E-state index contributed by atoms with van der Waals surface area (Å²) in [5.74, 6) is -0.0693. The van der Waals surface area contributed by atoms with Crippen molar-refractivity contribution in [3.8, 4) is 0 Å². The highest BCUT2D eigenvalue weighted by Gasteiger charge is 2.17. The van der Waals surface area contributed by atoms with Gasteiger partial charge in [-0.15, -0.1) is 0 Å². The Morgan fingerprint density at radius 2 is 2.24 bits per heavy atom. The van der Waals surface area contributed by atoms with E-state index in [2.05, 4.69) is 15.9 Å². The maximum atomic E-state index is 12.2. The van der Waals surface area contributed by atoms with Gasteiger partial charge < -0.3 is 15.7 Å². The van der Waals surface area contributed by atoms with E-state index in [1.165, 1.54) is 0 Å². The van der Waals surface area contributed by atoms with Gasteiger partial charge in [-0.05, 0) is 41.4 Å². The third-order valence-corrected chi connectivity index (χ3v) is 3.40. The number of nitrogens with zero attached hydrogens (tertiary/aromatic N) is 1. The van der Waals surface area contributed by atoms with Crippen LogP contribution in [0.5, 0.6) is 0 Å². The summed E-state index contributed by atoms with van der Waals surface area (Å²) < 4.78 is 0.632. The highest BCUT2D eigenvalue weighted by Crippen LogP contribution is 2.24. The molecule has 0 aromatic heterocycles. The van der Waals surface area contributed by atoms with Gasteiger partial charge in [0, 0.05) is 25.4 Å². The molecule has 0 aliphatic heterocycles. The molecule has 0 atom stereocenters. The lowest BCUT2D eigenvalue weighted by Gasteiger charge is -2.21. The van der Waals surface area contributed by atoms with Crippen LogP contribution in [0.1, 0.15) is 23.7 Å². The van der Waals surface area contributed by atoms with Gasteiger partial charge in [0.15, 0.2) is 0 Å². The predicted molar refractivity (Wildman–Crippen MR) is 71.8 cm³/mol. The number of hydrogen-bond donors (Lipinski definition) is 2. The molecule has 3 N–H and O–H groups in total. The Morgan fingerprint density at radius 1 is 1.53 bits per heavy atom. The van der Waals surface area contributed by atoms with E-state index in [1.54, 1.807) is 23.1 Å². The average molecular weight is 301 g/mol. The molecule has 0 radical (unpaired) electrons. The molecule has 5 heteroatoms. The summed E-state index contributed by atoms with van der Waals surface area (Å²) in [6.07, 6.45) is 0.583. The minimum Gasteiger partial charge on any atom is -0.398 e. The van der Waals surface area contributed by atoms with Gasteiger partial charge in [-0.25, -0.2) is 0 Å². The second kappa shape index (κ2) is 6.61. The summed E-state index contributed by atoms with van der Waals surface area (Å²) >= 11 is 3.32. The summed E-state index contributed by atoms with van der Waals surface area (Å²) in [4.78, 5) is 13.9. The molecule has 4 nitrogen and oxygen atoms in total. The monoisotopic (exact) mass is 300 g/mol. The Hall–Kier alpha value is -1.07. The first-order chi connectivity index (χ1) is 8.11.